The first-order valence-electron chi connectivity index (χ1n) is 14.2. The van der Waals surface area contributed by atoms with Crippen LogP contribution in [0.3, 0.4) is 0 Å². The third-order valence-electron chi connectivity index (χ3n) is 7.69. The summed E-state index contributed by atoms with van der Waals surface area (Å²) in [7, 11) is 1.70. The van der Waals surface area contributed by atoms with Gasteiger partial charge in [0.25, 0.3) is 5.56 Å². The number of rotatable bonds is 11. The van der Waals surface area contributed by atoms with Crippen LogP contribution in [-0.4, -0.2) is 53.3 Å². The maximum absolute atomic E-state index is 13.1. The van der Waals surface area contributed by atoms with Gasteiger partial charge in [-0.1, -0.05) is 0 Å². The van der Waals surface area contributed by atoms with Crippen LogP contribution in [0, 0.1) is 5.41 Å². The third kappa shape index (κ3) is 5.64. The largest absolute Gasteiger partial charge is 0.493 e. The molecule has 0 saturated heterocycles. The number of benzene rings is 1. The summed E-state index contributed by atoms with van der Waals surface area (Å²) in [6.07, 6.45) is 6.26. The number of fused-ring (bicyclic) bond motifs is 2. The highest BCUT2D eigenvalue weighted by Crippen LogP contribution is 2.40. The Balaban J connectivity index is 1.13. The molecule has 11 nitrogen and oxygen atoms in total. The van der Waals surface area contributed by atoms with Crippen molar-refractivity contribution in [1.82, 2.24) is 20.1 Å². The molecule has 0 aliphatic carbocycles. The van der Waals surface area contributed by atoms with Crippen LogP contribution in [0.2, 0.25) is 0 Å². The van der Waals surface area contributed by atoms with E-state index in [0.717, 1.165) is 17.7 Å². The van der Waals surface area contributed by atoms with Crippen molar-refractivity contribution in [3.63, 3.8) is 0 Å². The molecule has 0 atom stereocenters. The number of amides is 2. The number of hydrogen-bond acceptors (Lipinski definition) is 8. The lowest BCUT2D eigenvalue weighted by Gasteiger charge is -2.27. The van der Waals surface area contributed by atoms with Crippen LogP contribution in [0.15, 0.2) is 64.3 Å². The van der Waals surface area contributed by atoms with E-state index in [2.05, 4.69) is 15.5 Å². The summed E-state index contributed by atoms with van der Waals surface area (Å²) in [5.74, 6) is 0.181. The summed E-state index contributed by atoms with van der Waals surface area (Å²) in [6.45, 7) is 8.00. The highest BCUT2D eigenvalue weighted by atomic mass is 16.5. The number of anilines is 2. The number of hydrogen-bond donors (Lipinski definition) is 1. The summed E-state index contributed by atoms with van der Waals surface area (Å²) >= 11 is 0. The number of pyridine rings is 1. The monoisotopic (exact) mass is 572 g/mol. The lowest BCUT2D eigenvalue weighted by atomic mass is 9.90. The van der Waals surface area contributed by atoms with E-state index in [1.54, 1.807) is 59.8 Å². The summed E-state index contributed by atoms with van der Waals surface area (Å²) in [4.78, 5) is 42.0. The number of carbonyl (C=O) groups excluding carboxylic acids is 2. The lowest BCUT2D eigenvalue weighted by Crippen LogP contribution is -2.47. The van der Waals surface area contributed by atoms with Gasteiger partial charge in [0, 0.05) is 51.6 Å². The van der Waals surface area contributed by atoms with E-state index >= 15 is 0 Å². The molecule has 0 bridgehead atoms. The van der Waals surface area contributed by atoms with Crippen LogP contribution in [-0.2, 0) is 29.1 Å². The van der Waals surface area contributed by atoms with E-state index in [-0.39, 0.29) is 17.4 Å². The van der Waals surface area contributed by atoms with Crippen LogP contribution < -0.4 is 25.4 Å². The molecule has 1 aliphatic heterocycles. The van der Waals surface area contributed by atoms with Gasteiger partial charge in [-0.05, 0) is 69.6 Å². The van der Waals surface area contributed by atoms with E-state index in [1.165, 1.54) is 6.26 Å². The first-order valence-corrected chi connectivity index (χ1v) is 14.2. The van der Waals surface area contributed by atoms with Gasteiger partial charge in [-0.25, -0.2) is 0 Å². The number of ether oxygens (including phenoxy) is 1. The molecule has 11 heteroatoms. The Morgan fingerprint density at radius 1 is 1.05 bits per heavy atom. The highest BCUT2D eigenvalue weighted by molar-refractivity contribution is 6.20. The highest BCUT2D eigenvalue weighted by Gasteiger charge is 2.45. The van der Waals surface area contributed by atoms with Crippen LogP contribution >= 0.6 is 0 Å². The van der Waals surface area contributed by atoms with Gasteiger partial charge >= 0.3 is 0 Å². The average molecular weight is 573 g/mol. The predicted molar refractivity (Wildman–Crippen MR) is 160 cm³/mol. The molecule has 1 aliphatic rings. The number of carbonyl (C=O) groups is 2. The molecular weight excluding hydrogens is 536 g/mol. The van der Waals surface area contributed by atoms with Crippen molar-refractivity contribution in [3.05, 3.63) is 76.7 Å². The van der Waals surface area contributed by atoms with E-state index in [4.69, 9.17) is 9.15 Å². The van der Waals surface area contributed by atoms with E-state index < -0.39 is 5.41 Å². The standard InChI is InChI=1S/C31H36N6O5/c1-5-37-25-8-7-22(19-26(25)35(4)29(39)31(2,3)30(37)40)41-17-6-13-32-20-21-9-14-33-34-24(21)10-15-36-16-11-27-23(28(36)38)12-18-42-27/h7-9,11-12,14,16,18-19,32H,5-6,10,13,15,17,20H2,1-4H3. The van der Waals surface area contributed by atoms with Gasteiger partial charge in [0.1, 0.15) is 16.7 Å². The second kappa shape index (κ2) is 12.2. The van der Waals surface area contributed by atoms with Gasteiger partial charge in [-0.3, -0.25) is 14.4 Å². The summed E-state index contributed by atoms with van der Waals surface area (Å²) in [6, 6.07) is 10.9. The maximum atomic E-state index is 13.1. The summed E-state index contributed by atoms with van der Waals surface area (Å²) in [5.41, 5.74) is 2.57. The van der Waals surface area contributed by atoms with Crippen LogP contribution in [0.25, 0.3) is 11.0 Å². The summed E-state index contributed by atoms with van der Waals surface area (Å²) in [5, 5.41) is 12.3. The number of aryl methyl sites for hydroxylation is 2. The SMILES string of the molecule is CCN1C(=O)C(C)(C)C(=O)N(C)c2cc(OCCCNCc3ccnnc3CCn3ccc4occc4c3=O)ccc21. The maximum Gasteiger partial charge on any atom is 0.261 e. The zero-order valence-corrected chi connectivity index (χ0v) is 24.4. The molecule has 3 aromatic heterocycles. The van der Waals surface area contributed by atoms with Gasteiger partial charge in [0.05, 0.1) is 35.3 Å². The van der Waals surface area contributed by atoms with Crippen LogP contribution in [0.1, 0.15) is 38.4 Å². The molecule has 0 fully saturated rings. The number of nitrogens with one attached hydrogen (secondary N) is 1. The Labute approximate surface area is 244 Å². The number of furan rings is 1. The molecule has 0 unspecified atom stereocenters. The Bertz CT molecular complexity index is 1660. The Morgan fingerprint density at radius 2 is 1.88 bits per heavy atom. The van der Waals surface area contributed by atoms with Crippen molar-refractivity contribution < 1.29 is 18.7 Å². The van der Waals surface area contributed by atoms with Crippen molar-refractivity contribution >= 4 is 34.2 Å². The smallest absolute Gasteiger partial charge is 0.261 e. The van der Waals surface area contributed by atoms with Gasteiger partial charge < -0.3 is 28.8 Å². The van der Waals surface area contributed by atoms with Gasteiger partial charge in [0.2, 0.25) is 11.8 Å². The molecule has 0 saturated carbocycles. The van der Waals surface area contributed by atoms with Crippen molar-refractivity contribution in [2.24, 2.45) is 5.41 Å². The molecule has 0 spiro atoms. The Kier molecular flexibility index (Phi) is 8.39. The minimum absolute atomic E-state index is 0.0856. The molecule has 1 aromatic carbocycles. The molecule has 0 radical (unpaired) electrons. The molecular formula is C31H36N6O5. The van der Waals surface area contributed by atoms with Crippen molar-refractivity contribution in [3.8, 4) is 5.75 Å². The van der Waals surface area contributed by atoms with Crippen molar-refractivity contribution in [2.75, 3.05) is 36.5 Å². The van der Waals surface area contributed by atoms with E-state index in [1.807, 2.05) is 31.2 Å². The molecule has 42 heavy (non-hydrogen) atoms. The minimum Gasteiger partial charge on any atom is -0.493 e. The van der Waals surface area contributed by atoms with E-state index in [9.17, 15) is 14.4 Å². The molecule has 2 amide bonds. The minimum atomic E-state index is -1.15. The fourth-order valence-electron chi connectivity index (χ4n) is 5.25. The third-order valence-corrected chi connectivity index (χ3v) is 7.69. The van der Waals surface area contributed by atoms with Gasteiger partial charge in [0.15, 0.2) is 0 Å². The normalized spacial score (nSPS) is 14.8. The zero-order valence-electron chi connectivity index (χ0n) is 24.4. The van der Waals surface area contributed by atoms with E-state index in [0.29, 0.717) is 67.3 Å². The molecule has 220 valence electrons. The topological polar surface area (TPSA) is 123 Å². The molecule has 1 N–H and O–H groups in total. The Morgan fingerprint density at radius 3 is 2.69 bits per heavy atom. The van der Waals surface area contributed by atoms with Crippen LogP contribution in [0.4, 0.5) is 11.4 Å². The quantitative estimate of drug-likeness (QED) is 0.214. The second-order valence-corrected chi connectivity index (χ2v) is 10.8. The first-order chi connectivity index (χ1) is 20.2. The van der Waals surface area contributed by atoms with Crippen LogP contribution in [0.5, 0.6) is 5.75 Å². The molecule has 5 rings (SSSR count). The van der Waals surface area contributed by atoms with Gasteiger partial charge in [-0.15, -0.1) is 0 Å². The fourth-order valence-corrected chi connectivity index (χ4v) is 5.25. The van der Waals surface area contributed by atoms with Gasteiger partial charge in [-0.2, -0.15) is 10.2 Å². The predicted octanol–water partition coefficient (Wildman–Crippen LogP) is 3.54. The second-order valence-electron chi connectivity index (χ2n) is 10.8. The average Bonchev–Trinajstić information content (AvgIpc) is 3.47. The molecule has 4 aromatic rings. The molecule has 4 heterocycles. The fraction of sp³-hybridized carbons (Fsp3) is 0.387. The van der Waals surface area contributed by atoms with Crippen molar-refractivity contribution in [2.45, 2.75) is 46.7 Å². The lowest BCUT2D eigenvalue weighted by molar-refractivity contribution is -0.137. The number of aromatic nitrogens is 3. The first kappa shape index (κ1) is 29.0. The zero-order chi connectivity index (χ0) is 29.9. The Hall–Kier alpha value is -4.51. The summed E-state index contributed by atoms with van der Waals surface area (Å²) < 4.78 is 13.0. The number of nitrogens with zero attached hydrogens (tertiary/aromatic N) is 5. The van der Waals surface area contributed by atoms with Crippen molar-refractivity contribution in [1.29, 1.82) is 0 Å².